The van der Waals surface area contributed by atoms with E-state index >= 15 is 0 Å². The second-order valence-electron chi connectivity index (χ2n) is 4.97. The monoisotopic (exact) mass is 347 g/mol. The van der Waals surface area contributed by atoms with E-state index in [9.17, 15) is 8.78 Å². The standard InChI is InChI=1S/C16H12ClF2N5/c1-9-7-10(17)5-6-13(9)21-16-23-14(8-20-24-16)22-15-11(18)3-2-4-12(15)19/h2-8H,1H3,(H2,21,22,23,24). The van der Waals surface area contributed by atoms with E-state index in [2.05, 4.69) is 25.8 Å². The summed E-state index contributed by atoms with van der Waals surface area (Å²) in [5.74, 6) is -1.11. The van der Waals surface area contributed by atoms with Crippen LogP contribution in [0.5, 0.6) is 0 Å². The van der Waals surface area contributed by atoms with Gasteiger partial charge in [0.2, 0.25) is 5.95 Å². The van der Waals surface area contributed by atoms with Gasteiger partial charge in [-0.15, -0.1) is 5.10 Å². The minimum absolute atomic E-state index is 0.156. The number of anilines is 4. The summed E-state index contributed by atoms with van der Waals surface area (Å²) >= 11 is 5.91. The van der Waals surface area contributed by atoms with Crippen molar-refractivity contribution >= 4 is 34.7 Å². The lowest BCUT2D eigenvalue weighted by atomic mass is 10.2. The Bertz CT molecular complexity index is 868. The van der Waals surface area contributed by atoms with Crippen molar-refractivity contribution in [2.24, 2.45) is 0 Å². The van der Waals surface area contributed by atoms with Gasteiger partial charge < -0.3 is 10.6 Å². The molecule has 2 aromatic carbocycles. The van der Waals surface area contributed by atoms with E-state index in [1.54, 1.807) is 18.2 Å². The van der Waals surface area contributed by atoms with Gasteiger partial charge >= 0.3 is 0 Å². The lowest BCUT2D eigenvalue weighted by Crippen LogP contribution is -2.05. The molecule has 0 atom stereocenters. The topological polar surface area (TPSA) is 62.7 Å². The maximum absolute atomic E-state index is 13.7. The van der Waals surface area contributed by atoms with Crippen LogP contribution in [0.15, 0.2) is 42.6 Å². The van der Waals surface area contributed by atoms with E-state index in [0.717, 1.165) is 23.4 Å². The number of nitrogens with one attached hydrogen (secondary N) is 2. The predicted octanol–water partition coefficient (Wildman–Crippen LogP) is 4.60. The second-order valence-corrected chi connectivity index (χ2v) is 5.41. The molecule has 0 amide bonds. The quantitative estimate of drug-likeness (QED) is 0.722. The molecule has 0 saturated heterocycles. The van der Waals surface area contributed by atoms with Gasteiger partial charge in [0.1, 0.15) is 17.3 Å². The molecule has 0 spiro atoms. The van der Waals surface area contributed by atoms with Crippen molar-refractivity contribution in [2.45, 2.75) is 6.92 Å². The largest absolute Gasteiger partial charge is 0.334 e. The molecule has 0 radical (unpaired) electrons. The molecule has 0 aliphatic rings. The molecule has 0 fully saturated rings. The fourth-order valence-corrected chi connectivity index (χ4v) is 2.28. The van der Waals surface area contributed by atoms with E-state index in [1.165, 1.54) is 12.3 Å². The lowest BCUT2D eigenvalue weighted by Gasteiger charge is -2.10. The molecule has 8 heteroatoms. The molecular formula is C16H12ClF2N5. The number of hydrogen-bond acceptors (Lipinski definition) is 5. The first-order chi connectivity index (χ1) is 11.5. The Labute approximate surface area is 141 Å². The molecule has 0 aliphatic carbocycles. The molecule has 1 aromatic heterocycles. The van der Waals surface area contributed by atoms with Crippen LogP contribution in [0.1, 0.15) is 5.56 Å². The van der Waals surface area contributed by atoms with Gasteiger partial charge in [-0.2, -0.15) is 10.1 Å². The number of halogens is 3. The third kappa shape index (κ3) is 3.57. The van der Waals surface area contributed by atoms with Gasteiger partial charge in [-0.3, -0.25) is 0 Å². The molecule has 1 heterocycles. The van der Waals surface area contributed by atoms with Crippen molar-refractivity contribution in [3.63, 3.8) is 0 Å². The van der Waals surface area contributed by atoms with E-state index in [4.69, 9.17) is 11.6 Å². The average molecular weight is 348 g/mol. The highest BCUT2D eigenvalue weighted by molar-refractivity contribution is 6.30. The Morgan fingerprint density at radius 2 is 1.79 bits per heavy atom. The second kappa shape index (κ2) is 6.76. The molecule has 5 nitrogen and oxygen atoms in total. The molecule has 2 N–H and O–H groups in total. The maximum atomic E-state index is 13.7. The van der Waals surface area contributed by atoms with Crippen LogP contribution in [0.25, 0.3) is 0 Å². The Kier molecular flexibility index (Phi) is 4.52. The molecule has 0 saturated carbocycles. The SMILES string of the molecule is Cc1cc(Cl)ccc1Nc1nncc(Nc2c(F)cccc2F)n1. The highest BCUT2D eigenvalue weighted by Crippen LogP contribution is 2.24. The van der Waals surface area contributed by atoms with Crippen molar-refractivity contribution in [1.82, 2.24) is 15.2 Å². The van der Waals surface area contributed by atoms with Crippen molar-refractivity contribution in [3.8, 4) is 0 Å². The third-order valence-corrected chi connectivity index (χ3v) is 3.44. The number of rotatable bonds is 4. The normalized spacial score (nSPS) is 10.5. The van der Waals surface area contributed by atoms with Gasteiger partial charge in [0.05, 0.1) is 6.20 Å². The summed E-state index contributed by atoms with van der Waals surface area (Å²) in [5.41, 5.74) is 1.34. The fourth-order valence-electron chi connectivity index (χ4n) is 2.05. The molecular weight excluding hydrogens is 336 g/mol. The Morgan fingerprint density at radius 3 is 2.50 bits per heavy atom. The summed E-state index contributed by atoms with van der Waals surface area (Å²) in [7, 11) is 0. The first-order valence-corrected chi connectivity index (χ1v) is 7.34. The van der Waals surface area contributed by atoms with E-state index < -0.39 is 11.6 Å². The number of aromatic nitrogens is 3. The van der Waals surface area contributed by atoms with Crippen LogP contribution in [0, 0.1) is 18.6 Å². The molecule has 0 unspecified atom stereocenters. The van der Waals surface area contributed by atoms with Crippen LogP contribution in [-0.4, -0.2) is 15.2 Å². The van der Waals surface area contributed by atoms with Crippen LogP contribution >= 0.6 is 11.6 Å². The summed E-state index contributed by atoms with van der Waals surface area (Å²) in [6.45, 7) is 1.87. The third-order valence-electron chi connectivity index (χ3n) is 3.21. The van der Waals surface area contributed by atoms with Crippen molar-refractivity contribution in [1.29, 1.82) is 0 Å². The Hall–Kier alpha value is -2.80. The molecule has 24 heavy (non-hydrogen) atoms. The first kappa shape index (κ1) is 16.1. The molecule has 0 aliphatic heterocycles. The average Bonchev–Trinajstić information content (AvgIpc) is 2.54. The molecule has 0 bridgehead atoms. The maximum Gasteiger partial charge on any atom is 0.249 e. The highest BCUT2D eigenvalue weighted by atomic mass is 35.5. The molecule has 122 valence electrons. The molecule has 3 rings (SSSR count). The summed E-state index contributed by atoms with van der Waals surface area (Å²) in [6, 6.07) is 8.86. The minimum Gasteiger partial charge on any atom is -0.334 e. The van der Waals surface area contributed by atoms with Gasteiger partial charge in [0.25, 0.3) is 0 Å². The zero-order valence-electron chi connectivity index (χ0n) is 12.5. The highest BCUT2D eigenvalue weighted by Gasteiger charge is 2.10. The summed E-state index contributed by atoms with van der Waals surface area (Å²) in [5, 5.41) is 13.8. The van der Waals surface area contributed by atoms with Gasteiger partial charge in [0, 0.05) is 10.7 Å². The summed E-state index contributed by atoms with van der Waals surface area (Å²) < 4.78 is 27.4. The number of benzene rings is 2. The predicted molar refractivity (Wildman–Crippen MR) is 88.9 cm³/mol. The van der Waals surface area contributed by atoms with Crippen LogP contribution in [-0.2, 0) is 0 Å². The summed E-state index contributed by atoms with van der Waals surface area (Å²) in [4.78, 5) is 4.15. The zero-order valence-corrected chi connectivity index (χ0v) is 13.3. The fraction of sp³-hybridized carbons (Fsp3) is 0.0625. The van der Waals surface area contributed by atoms with Crippen molar-refractivity contribution in [3.05, 3.63) is 64.8 Å². The number of nitrogens with zero attached hydrogens (tertiary/aromatic N) is 3. The number of para-hydroxylation sites is 1. The van der Waals surface area contributed by atoms with Crippen LogP contribution in [0.4, 0.5) is 31.9 Å². The van der Waals surface area contributed by atoms with E-state index in [0.29, 0.717) is 5.02 Å². The van der Waals surface area contributed by atoms with Gasteiger partial charge in [0.15, 0.2) is 5.82 Å². The number of aryl methyl sites for hydroxylation is 1. The number of hydrogen-bond donors (Lipinski definition) is 2. The zero-order chi connectivity index (χ0) is 17.1. The Balaban J connectivity index is 1.84. The smallest absolute Gasteiger partial charge is 0.249 e. The lowest BCUT2D eigenvalue weighted by molar-refractivity contribution is 0.590. The van der Waals surface area contributed by atoms with Crippen molar-refractivity contribution in [2.75, 3.05) is 10.6 Å². The van der Waals surface area contributed by atoms with Crippen LogP contribution < -0.4 is 10.6 Å². The van der Waals surface area contributed by atoms with Crippen LogP contribution in [0.3, 0.4) is 0 Å². The van der Waals surface area contributed by atoms with Gasteiger partial charge in [-0.1, -0.05) is 17.7 Å². The minimum atomic E-state index is -0.725. The summed E-state index contributed by atoms with van der Waals surface area (Å²) in [6.07, 6.45) is 1.27. The van der Waals surface area contributed by atoms with Gasteiger partial charge in [-0.05, 0) is 42.8 Å². The Morgan fingerprint density at radius 1 is 1.04 bits per heavy atom. The van der Waals surface area contributed by atoms with E-state index in [1.807, 2.05) is 6.92 Å². The van der Waals surface area contributed by atoms with Crippen molar-refractivity contribution < 1.29 is 8.78 Å². The molecule has 3 aromatic rings. The van der Waals surface area contributed by atoms with Crippen LogP contribution in [0.2, 0.25) is 5.02 Å². The van der Waals surface area contributed by atoms with E-state index in [-0.39, 0.29) is 17.5 Å². The van der Waals surface area contributed by atoms with Gasteiger partial charge in [-0.25, -0.2) is 8.78 Å². The first-order valence-electron chi connectivity index (χ1n) is 6.97.